The van der Waals surface area contributed by atoms with Crippen molar-refractivity contribution in [3.63, 3.8) is 0 Å². The summed E-state index contributed by atoms with van der Waals surface area (Å²) in [5.41, 5.74) is 1.46. The van der Waals surface area contributed by atoms with E-state index in [9.17, 15) is 9.59 Å². The molecule has 5 nitrogen and oxygen atoms in total. The van der Waals surface area contributed by atoms with E-state index in [1.807, 2.05) is 0 Å². The largest absolute Gasteiger partial charge is 0.497 e. The van der Waals surface area contributed by atoms with Crippen molar-refractivity contribution >= 4 is 23.5 Å². The molecule has 0 atom stereocenters. The highest BCUT2D eigenvalue weighted by molar-refractivity contribution is 6.26. The molecule has 0 saturated heterocycles. The van der Waals surface area contributed by atoms with Gasteiger partial charge in [0.25, 0.3) is 5.91 Å². The molecule has 1 heterocycles. The van der Waals surface area contributed by atoms with Crippen molar-refractivity contribution in [2.45, 2.75) is 13.8 Å². The average molecular weight is 324 g/mol. The van der Waals surface area contributed by atoms with Crippen LogP contribution in [0.3, 0.4) is 0 Å². The summed E-state index contributed by atoms with van der Waals surface area (Å²) >= 11 is 0. The third-order valence-corrected chi connectivity index (χ3v) is 3.40. The molecule has 0 bridgehead atoms. The zero-order valence-corrected chi connectivity index (χ0v) is 13.9. The number of ketones is 1. The topological polar surface area (TPSA) is 68.3 Å². The third-order valence-electron chi connectivity index (χ3n) is 3.40. The molecule has 124 valence electrons. The lowest BCUT2D eigenvalue weighted by Gasteiger charge is -2.11. The lowest BCUT2D eigenvalue weighted by atomic mass is 9.98. The number of pyridine rings is 1. The number of nitrogens with one attached hydrogen (secondary N) is 1. The van der Waals surface area contributed by atoms with E-state index in [4.69, 9.17) is 4.74 Å². The maximum absolute atomic E-state index is 12.6. The Labute approximate surface area is 141 Å². The predicted octanol–water partition coefficient (Wildman–Crippen LogP) is 3.34. The van der Waals surface area contributed by atoms with Gasteiger partial charge in [-0.1, -0.05) is 13.8 Å². The Bertz CT molecular complexity index is 735. The predicted molar refractivity (Wildman–Crippen MR) is 93.7 cm³/mol. The first kappa shape index (κ1) is 17.4. The maximum atomic E-state index is 12.6. The van der Waals surface area contributed by atoms with Crippen LogP contribution < -0.4 is 10.1 Å². The Morgan fingerprint density at radius 3 is 2.25 bits per heavy atom. The van der Waals surface area contributed by atoms with E-state index >= 15 is 0 Å². The number of methoxy groups -OCH3 is 1. The van der Waals surface area contributed by atoms with Crippen LogP contribution in [0.25, 0.3) is 6.08 Å². The van der Waals surface area contributed by atoms with Crippen LogP contribution in [-0.2, 0) is 9.59 Å². The quantitative estimate of drug-likeness (QED) is 0.503. The molecule has 2 aromatic rings. The number of carbonyl (C=O) groups is 2. The van der Waals surface area contributed by atoms with Gasteiger partial charge >= 0.3 is 0 Å². The Morgan fingerprint density at radius 2 is 1.71 bits per heavy atom. The van der Waals surface area contributed by atoms with Crippen molar-refractivity contribution < 1.29 is 14.3 Å². The Balaban J connectivity index is 2.27. The van der Waals surface area contributed by atoms with Crippen LogP contribution in [-0.4, -0.2) is 23.8 Å². The molecule has 0 radical (unpaired) electrons. The number of Topliss-reactive ketones (excluding diaryl/α,β-unsaturated/α-hetero) is 1. The number of benzene rings is 1. The summed E-state index contributed by atoms with van der Waals surface area (Å²) in [5, 5.41) is 2.75. The molecule has 0 unspecified atom stereocenters. The second-order valence-electron chi connectivity index (χ2n) is 5.54. The van der Waals surface area contributed by atoms with E-state index in [1.165, 1.54) is 0 Å². The van der Waals surface area contributed by atoms with E-state index < -0.39 is 5.91 Å². The van der Waals surface area contributed by atoms with Crippen LogP contribution in [0.4, 0.5) is 5.69 Å². The number of ether oxygens (including phenoxy) is 1. The van der Waals surface area contributed by atoms with Crippen LogP contribution in [0, 0.1) is 5.92 Å². The maximum Gasteiger partial charge on any atom is 0.259 e. The molecule has 1 N–H and O–H groups in total. The van der Waals surface area contributed by atoms with Gasteiger partial charge in [-0.05, 0) is 48.0 Å². The standard InChI is InChI=1S/C19H20N2O3/c1-13(2)18(22)17(12-14-8-10-20-11-9-14)19(23)21-15-4-6-16(24-3)7-5-15/h4-13H,1-3H3,(H,21,23). The molecular formula is C19H20N2O3. The smallest absolute Gasteiger partial charge is 0.259 e. The molecule has 0 aliphatic heterocycles. The first-order valence-electron chi connectivity index (χ1n) is 7.62. The molecular weight excluding hydrogens is 304 g/mol. The number of aromatic nitrogens is 1. The summed E-state index contributed by atoms with van der Waals surface area (Å²) in [4.78, 5) is 28.9. The van der Waals surface area contributed by atoms with Crippen LogP contribution in [0.15, 0.2) is 54.4 Å². The van der Waals surface area contributed by atoms with Gasteiger partial charge in [-0.3, -0.25) is 14.6 Å². The molecule has 0 aliphatic carbocycles. The SMILES string of the molecule is COc1ccc(NC(=O)C(=Cc2ccncc2)C(=O)C(C)C)cc1. The van der Waals surface area contributed by atoms with Crippen molar-refractivity contribution in [1.29, 1.82) is 0 Å². The van der Waals surface area contributed by atoms with Gasteiger partial charge in [0.15, 0.2) is 5.78 Å². The summed E-state index contributed by atoms with van der Waals surface area (Å²) in [7, 11) is 1.57. The molecule has 2 rings (SSSR count). The molecule has 1 aromatic heterocycles. The average Bonchev–Trinajstić information content (AvgIpc) is 2.60. The number of hydrogen-bond acceptors (Lipinski definition) is 4. The highest BCUT2D eigenvalue weighted by Gasteiger charge is 2.21. The summed E-state index contributed by atoms with van der Waals surface area (Å²) in [6.07, 6.45) is 4.82. The van der Waals surface area contributed by atoms with E-state index in [1.54, 1.807) is 75.8 Å². The Hall–Kier alpha value is -2.95. The number of hydrogen-bond donors (Lipinski definition) is 1. The van der Waals surface area contributed by atoms with Gasteiger partial charge in [-0.2, -0.15) is 0 Å². The highest BCUT2D eigenvalue weighted by atomic mass is 16.5. The molecule has 5 heteroatoms. The fourth-order valence-electron chi connectivity index (χ4n) is 2.06. The van der Waals surface area contributed by atoms with E-state index in [0.29, 0.717) is 11.4 Å². The lowest BCUT2D eigenvalue weighted by Crippen LogP contribution is -2.23. The van der Waals surface area contributed by atoms with Gasteiger partial charge in [0.05, 0.1) is 12.7 Å². The van der Waals surface area contributed by atoms with Gasteiger partial charge in [0.2, 0.25) is 0 Å². The Morgan fingerprint density at radius 1 is 1.08 bits per heavy atom. The molecule has 0 spiro atoms. The van der Waals surface area contributed by atoms with Gasteiger partial charge < -0.3 is 10.1 Å². The molecule has 1 amide bonds. The van der Waals surface area contributed by atoms with E-state index in [-0.39, 0.29) is 17.3 Å². The second kappa shape index (κ2) is 8.06. The normalized spacial score (nSPS) is 11.2. The minimum atomic E-state index is -0.435. The number of carbonyl (C=O) groups excluding carboxylic acids is 2. The fraction of sp³-hybridized carbons (Fsp3) is 0.211. The van der Waals surface area contributed by atoms with Crippen molar-refractivity contribution in [3.05, 3.63) is 59.9 Å². The van der Waals surface area contributed by atoms with Crippen LogP contribution >= 0.6 is 0 Å². The lowest BCUT2D eigenvalue weighted by molar-refractivity contribution is -0.121. The highest BCUT2D eigenvalue weighted by Crippen LogP contribution is 2.18. The van der Waals surface area contributed by atoms with Crippen LogP contribution in [0.2, 0.25) is 0 Å². The molecule has 1 aromatic carbocycles. The van der Waals surface area contributed by atoms with Gasteiger partial charge in [0.1, 0.15) is 5.75 Å². The zero-order chi connectivity index (χ0) is 17.5. The minimum Gasteiger partial charge on any atom is -0.497 e. The zero-order valence-electron chi connectivity index (χ0n) is 13.9. The number of nitrogens with zero attached hydrogens (tertiary/aromatic N) is 1. The number of anilines is 1. The van der Waals surface area contributed by atoms with Crippen molar-refractivity contribution in [1.82, 2.24) is 4.98 Å². The molecule has 0 aliphatic rings. The summed E-state index contributed by atoms with van der Waals surface area (Å²) in [5.74, 6) is -0.230. The number of rotatable bonds is 6. The van der Waals surface area contributed by atoms with Crippen molar-refractivity contribution in [2.24, 2.45) is 5.92 Å². The van der Waals surface area contributed by atoms with E-state index in [0.717, 1.165) is 5.56 Å². The first-order chi connectivity index (χ1) is 11.5. The number of amides is 1. The minimum absolute atomic E-state index is 0.118. The summed E-state index contributed by atoms with van der Waals surface area (Å²) < 4.78 is 5.09. The third kappa shape index (κ3) is 4.52. The van der Waals surface area contributed by atoms with Crippen LogP contribution in [0.5, 0.6) is 5.75 Å². The van der Waals surface area contributed by atoms with E-state index in [2.05, 4.69) is 10.3 Å². The Kier molecular flexibility index (Phi) is 5.84. The van der Waals surface area contributed by atoms with Crippen molar-refractivity contribution in [3.8, 4) is 5.75 Å². The second-order valence-corrected chi connectivity index (χ2v) is 5.54. The summed E-state index contributed by atoms with van der Waals surface area (Å²) in [6.45, 7) is 3.53. The molecule has 0 saturated carbocycles. The first-order valence-corrected chi connectivity index (χ1v) is 7.62. The fourth-order valence-corrected chi connectivity index (χ4v) is 2.06. The van der Waals surface area contributed by atoms with Gasteiger partial charge in [-0.25, -0.2) is 0 Å². The van der Waals surface area contributed by atoms with Crippen LogP contribution in [0.1, 0.15) is 19.4 Å². The van der Waals surface area contributed by atoms with Crippen molar-refractivity contribution in [2.75, 3.05) is 12.4 Å². The monoisotopic (exact) mass is 324 g/mol. The van der Waals surface area contributed by atoms with Gasteiger partial charge in [0, 0.05) is 24.0 Å². The molecule has 0 fully saturated rings. The summed E-state index contributed by atoms with van der Waals surface area (Å²) in [6, 6.07) is 10.4. The van der Waals surface area contributed by atoms with Gasteiger partial charge in [-0.15, -0.1) is 0 Å². The molecule has 24 heavy (non-hydrogen) atoms.